The number of hydrogen-bond acceptors (Lipinski definition) is 12. The Labute approximate surface area is 252 Å². The van der Waals surface area contributed by atoms with E-state index in [9.17, 15) is 41.7 Å². The number of benzene rings is 1. The van der Waals surface area contributed by atoms with Crippen LogP contribution >= 0.6 is 0 Å². The molecule has 0 radical (unpaired) electrons. The molecule has 5 N–H and O–H groups in total. The van der Waals surface area contributed by atoms with Crippen molar-refractivity contribution in [3.63, 3.8) is 0 Å². The molecule has 1 aliphatic carbocycles. The van der Waals surface area contributed by atoms with Gasteiger partial charge < -0.3 is 25.4 Å². The fourth-order valence-corrected chi connectivity index (χ4v) is 6.25. The van der Waals surface area contributed by atoms with Crippen LogP contribution in [0.25, 0.3) is 17.1 Å². The number of carbonyl (C=O) groups is 1. The summed E-state index contributed by atoms with van der Waals surface area (Å²) < 4.78 is 73.9. The number of hydrogen-bond donors (Lipinski definition) is 5. The van der Waals surface area contributed by atoms with Crippen molar-refractivity contribution in [2.45, 2.75) is 67.3 Å². The smallest absolute Gasteiger partial charge is 0.394 e. The van der Waals surface area contributed by atoms with Gasteiger partial charge in [-0.3, -0.25) is 9.36 Å². The first-order valence-electron chi connectivity index (χ1n) is 13.8. The summed E-state index contributed by atoms with van der Waals surface area (Å²) in [7, 11) is -4.53. The van der Waals surface area contributed by atoms with Gasteiger partial charge in [-0.05, 0) is 37.1 Å². The molecule has 240 valence electrons. The highest BCUT2D eigenvalue weighted by atomic mass is 32.2. The number of aliphatic hydroxyl groups excluding tert-OH is 3. The van der Waals surface area contributed by atoms with Gasteiger partial charge in [-0.15, -0.1) is 0 Å². The molecule has 45 heavy (non-hydrogen) atoms. The molecule has 15 nitrogen and oxygen atoms in total. The van der Waals surface area contributed by atoms with Crippen molar-refractivity contribution in [1.82, 2.24) is 34.0 Å². The van der Waals surface area contributed by atoms with Gasteiger partial charge >= 0.3 is 6.18 Å². The van der Waals surface area contributed by atoms with Crippen LogP contribution in [-0.4, -0.2) is 89.9 Å². The van der Waals surface area contributed by atoms with Crippen molar-refractivity contribution in [3.05, 3.63) is 54.1 Å². The Hall–Kier alpha value is -4.17. The van der Waals surface area contributed by atoms with Crippen LogP contribution in [0.1, 0.15) is 47.8 Å². The van der Waals surface area contributed by atoms with Crippen molar-refractivity contribution in [2.24, 2.45) is 0 Å². The van der Waals surface area contributed by atoms with Crippen LogP contribution in [0.15, 0.2) is 47.9 Å². The van der Waals surface area contributed by atoms with E-state index in [2.05, 4.69) is 25.4 Å². The highest BCUT2D eigenvalue weighted by Crippen LogP contribution is 2.34. The molecule has 2 aliphatic rings. The number of imidazole rings is 1. The first-order chi connectivity index (χ1) is 21.4. The molecule has 0 bridgehead atoms. The fraction of sp³-hybridized carbons (Fsp3) is 0.423. The van der Waals surface area contributed by atoms with Crippen LogP contribution in [0.2, 0.25) is 0 Å². The fourth-order valence-electron chi connectivity index (χ4n) is 5.28. The number of nitrogens with zero attached hydrogens (tertiary/aromatic N) is 6. The maximum atomic E-state index is 12.9. The van der Waals surface area contributed by atoms with Crippen molar-refractivity contribution in [2.75, 3.05) is 11.9 Å². The lowest BCUT2D eigenvalue weighted by molar-refractivity contribution is -0.137. The number of aliphatic hydroxyl groups is 3. The van der Waals surface area contributed by atoms with Crippen LogP contribution in [-0.2, 0) is 20.9 Å². The molecule has 19 heteroatoms. The molecule has 3 aromatic heterocycles. The number of halogens is 3. The van der Waals surface area contributed by atoms with Gasteiger partial charge in [-0.1, -0.05) is 12.8 Å². The van der Waals surface area contributed by atoms with Crippen LogP contribution in [0.5, 0.6) is 0 Å². The summed E-state index contributed by atoms with van der Waals surface area (Å²) in [5.41, 5.74) is -0.790. The molecular weight excluding hydrogens is 625 g/mol. The molecule has 1 aliphatic heterocycles. The Morgan fingerprint density at radius 2 is 1.80 bits per heavy atom. The zero-order valence-corrected chi connectivity index (χ0v) is 24.0. The average Bonchev–Trinajstić information content (AvgIpc) is 3.81. The van der Waals surface area contributed by atoms with Gasteiger partial charge in [0.05, 0.1) is 35.2 Å². The van der Waals surface area contributed by atoms with E-state index in [4.69, 9.17) is 4.74 Å². The van der Waals surface area contributed by atoms with Gasteiger partial charge in [0.25, 0.3) is 21.9 Å². The van der Waals surface area contributed by atoms with Crippen LogP contribution in [0.4, 0.5) is 19.0 Å². The molecule has 6 rings (SSSR count). The number of ether oxygens (including phenoxy) is 1. The third-order valence-corrected chi connectivity index (χ3v) is 9.01. The minimum Gasteiger partial charge on any atom is -0.394 e. The predicted molar refractivity (Wildman–Crippen MR) is 147 cm³/mol. The highest BCUT2D eigenvalue weighted by Gasteiger charge is 2.44. The van der Waals surface area contributed by atoms with Crippen LogP contribution in [0, 0.1) is 0 Å². The number of rotatable bonds is 8. The number of sulfonamides is 1. The maximum absolute atomic E-state index is 12.9. The molecule has 4 atom stereocenters. The van der Waals surface area contributed by atoms with E-state index in [0.29, 0.717) is 23.5 Å². The molecule has 1 saturated heterocycles. The summed E-state index contributed by atoms with van der Waals surface area (Å²) in [5, 5.41) is 37.8. The lowest BCUT2D eigenvalue weighted by atomic mass is 10.1. The molecule has 1 aromatic carbocycles. The minimum atomic E-state index is -4.66. The number of alkyl halides is 3. The van der Waals surface area contributed by atoms with Gasteiger partial charge in [0.15, 0.2) is 23.2 Å². The lowest BCUT2D eigenvalue weighted by Crippen LogP contribution is -2.33. The number of anilines is 1. The Bertz CT molecular complexity index is 1820. The molecule has 2 unspecified atom stereocenters. The molecular formula is C26H27F3N8O7S. The number of nitrogens with one attached hydrogen (secondary N) is 2. The van der Waals surface area contributed by atoms with E-state index < -0.39 is 63.7 Å². The second kappa shape index (κ2) is 11.6. The van der Waals surface area contributed by atoms with Crippen molar-refractivity contribution < 1.29 is 46.4 Å². The van der Waals surface area contributed by atoms with Gasteiger partial charge in [0.1, 0.15) is 18.3 Å². The number of aromatic nitrogens is 6. The van der Waals surface area contributed by atoms with E-state index in [1.54, 1.807) is 4.72 Å². The number of amides is 1. The summed E-state index contributed by atoms with van der Waals surface area (Å²) in [6.45, 7) is -0.539. The topological polar surface area (TPSA) is 207 Å². The van der Waals surface area contributed by atoms with E-state index in [1.165, 1.54) is 10.9 Å². The lowest BCUT2D eigenvalue weighted by Gasteiger charge is -2.18. The van der Waals surface area contributed by atoms with Crippen LogP contribution < -0.4 is 10.0 Å². The summed E-state index contributed by atoms with van der Waals surface area (Å²) in [6.07, 6.45) is -2.30. The third-order valence-electron chi connectivity index (χ3n) is 7.67. The molecule has 0 spiro atoms. The van der Waals surface area contributed by atoms with Gasteiger partial charge in [0, 0.05) is 12.2 Å². The summed E-state index contributed by atoms with van der Waals surface area (Å²) in [5.74, 6) is -0.858. The zero-order valence-electron chi connectivity index (χ0n) is 23.2. The van der Waals surface area contributed by atoms with Crippen molar-refractivity contribution in [1.29, 1.82) is 0 Å². The van der Waals surface area contributed by atoms with Gasteiger partial charge in [-0.25, -0.2) is 22.8 Å². The molecule has 2 fully saturated rings. The highest BCUT2D eigenvalue weighted by molar-refractivity contribution is 7.90. The Balaban J connectivity index is 1.31. The van der Waals surface area contributed by atoms with E-state index in [0.717, 1.165) is 54.9 Å². The SMILES string of the molecule is O=C(NS(=O)(=O)c1ccc(C(F)(F)F)cc1)c1cnn(-c2nc(NC3CCCC3)c3ncn([C@@H]4O[C@H](CO)C(O)C4O)c3n2)c1. The molecule has 1 saturated carbocycles. The quantitative estimate of drug-likeness (QED) is 0.182. The summed E-state index contributed by atoms with van der Waals surface area (Å²) in [6, 6.07) is 2.74. The van der Waals surface area contributed by atoms with E-state index in [1.807, 2.05) is 0 Å². The normalized spacial score (nSPS) is 22.7. The zero-order chi connectivity index (χ0) is 32.1. The number of fused-ring (bicyclic) bond motifs is 1. The Kier molecular flexibility index (Phi) is 7.98. The molecule has 4 heterocycles. The van der Waals surface area contributed by atoms with Gasteiger partial charge in [0.2, 0.25) is 0 Å². The minimum absolute atomic E-state index is 0.0684. The predicted octanol–water partition coefficient (Wildman–Crippen LogP) is 1.12. The van der Waals surface area contributed by atoms with Crippen molar-refractivity contribution >= 4 is 32.9 Å². The number of carbonyl (C=O) groups excluding carboxylic acids is 1. The Morgan fingerprint density at radius 1 is 1.09 bits per heavy atom. The molecule has 4 aromatic rings. The van der Waals surface area contributed by atoms with E-state index >= 15 is 0 Å². The van der Waals surface area contributed by atoms with Crippen molar-refractivity contribution in [3.8, 4) is 5.95 Å². The first-order valence-corrected chi connectivity index (χ1v) is 15.3. The van der Waals surface area contributed by atoms with Gasteiger partial charge in [-0.2, -0.15) is 28.2 Å². The van der Waals surface area contributed by atoms with Crippen LogP contribution in [0.3, 0.4) is 0 Å². The molecule has 1 amide bonds. The monoisotopic (exact) mass is 652 g/mol. The summed E-state index contributed by atoms with van der Waals surface area (Å²) >= 11 is 0. The summed E-state index contributed by atoms with van der Waals surface area (Å²) in [4.78, 5) is 25.7. The first kappa shape index (κ1) is 30.8. The second-order valence-electron chi connectivity index (χ2n) is 10.7. The van der Waals surface area contributed by atoms with E-state index in [-0.39, 0.29) is 23.2 Å². The third kappa shape index (κ3) is 5.96. The Morgan fingerprint density at radius 3 is 2.44 bits per heavy atom. The standard InChI is InChI=1S/C26H27F3N8O7S/c27-26(28,29)14-5-7-16(8-6-14)45(42,43)35-23(41)13-9-31-37(10-13)25-33-21(32-15-3-1-2-4-15)18-22(34-25)36(12-30-18)24-20(40)19(39)17(11-38)44-24/h5-10,12,15,17,19-20,24,38-40H,1-4,11H2,(H,35,41)(H,32,33,34)/t17-,19?,20?,24-/m1/s1. The maximum Gasteiger partial charge on any atom is 0.416 e. The largest absolute Gasteiger partial charge is 0.416 e. The second-order valence-corrected chi connectivity index (χ2v) is 12.4. The average molecular weight is 653 g/mol.